The summed E-state index contributed by atoms with van der Waals surface area (Å²) in [6.07, 6.45) is 3.21. The predicted molar refractivity (Wildman–Crippen MR) is 79.1 cm³/mol. The van der Waals surface area contributed by atoms with Gasteiger partial charge in [0.15, 0.2) is 0 Å². The molecule has 98 valence electrons. The van der Waals surface area contributed by atoms with E-state index >= 15 is 0 Å². The Hall–Kier alpha value is -0.850. The van der Waals surface area contributed by atoms with Gasteiger partial charge in [-0.05, 0) is 50.9 Å². The van der Waals surface area contributed by atoms with Gasteiger partial charge in [0.25, 0.3) is 0 Å². The second-order valence-electron chi connectivity index (χ2n) is 5.26. The highest BCUT2D eigenvalue weighted by Crippen LogP contribution is 2.21. The maximum absolute atomic E-state index is 8.90. The third-order valence-corrected chi connectivity index (χ3v) is 3.48. The van der Waals surface area contributed by atoms with Crippen molar-refractivity contribution in [2.24, 2.45) is 5.41 Å². The van der Waals surface area contributed by atoms with Crippen molar-refractivity contribution in [1.82, 2.24) is 5.32 Å². The summed E-state index contributed by atoms with van der Waals surface area (Å²) in [5.41, 5.74) is 1.13. The van der Waals surface area contributed by atoms with Crippen molar-refractivity contribution in [2.45, 2.75) is 39.7 Å². The summed E-state index contributed by atoms with van der Waals surface area (Å²) in [6.45, 7) is 5.93. The van der Waals surface area contributed by atoms with Crippen LogP contribution in [0.4, 0.5) is 0 Å². The summed E-state index contributed by atoms with van der Waals surface area (Å²) in [6, 6.07) is 10.7. The lowest BCUT2D eigenvalue weighted by Crippen LogP contribution is -2.15. The van der Waals surface area contributed by atoms with Crippen molar-refractivity contribution in [3.8, 4) is 6.07 Å². The van der Waals surface area contributed by atoms with E-state index in [1.54, 1.807) is 0 Å². The van der Waals surface area contributed by atoms with E-state index in [1.165, 1.54) is 5.56 Å². The number of hydrogen-bond donors (Lipinski definition) is 1. The van der Waals surface area contributed by atoms with Crippen molar-refractivity contribution >= 4 is 15.9 Å². The van der Waals surface area contributed by atoms with Crippen LogP contribution in [0.25, 0.3) is 0 Å². The molecule has 3 heteroatoms. The van der Waals surface area contributed by atoms with Crippen LogP contribution < -0.4 is 5.32 Å². The Balaban J connectivity index is 2.09. The van der Waals surface area contributed by atoms with Gasteiger partial charge in [0, 0.05) is 11.0 Å². The molecule has 1 N–H and O–H groups in total. The van der Waals surface area contributed by atoms with Crippen molar-refractivity contribution in [2.75, 3.05) is 6.54 Å². The molecule has 0 radical (unpaired) electrons. The summed E-state index contributed by atoms with van der Waals surface area (Å²) in [5.74, 6) is 0. The lowest BCUT2D eigenvalue weighted by Gasteiger charge is -2.14. The summed E-state index contributed by atoms with van der Waals surface area (Å²) >= 11 is 3.43. The Kier molecular flexibility index (Phi) is 6.38. The van der Waals surface area contributed by atoms with E-state index in [2.05, 4.69) is 51.6 Å². The van der Waals surface area contributed by atoms with E-state index in [0.717, 1.165) is 36.8 Å². The molecule has 18 heavy (non-hydrogen) atoms. The standard InChI is InChI=1S/C15H21BrN2/c1-15(2,12-17)9-3-4-10-18-11-13-5-7-14(16)8-6-13/h5-8,18H,3-4,9-11H2,1-2H3. The third-order valence-electron chi connectivity index (χ3n) is 2.95. The van der Waals surface area contributed by atoms with Gasteiger partial charge in [0.05, 0.1) is 11.5 Å². The van der Waals surface area contributed by atoms with Crippen LogP contribution in [0.2, 0.25) is 0 Å². The first-order valence-electron chi connectivity index (χ1n) is 6.40. The fraction of sp³-hybridized carbons (Fsp3) is 0.533. The van der Waals surface area contributed by atoms with E-state index in [4.69, 9.17) is 5.26 Å². The number of nitrogens with one attached hydrogen (secondary N) is 1. The molecule has 0 saturated carbocycles. The molecule has 0 aromatic heterocycles. The molecule has 0 aliphatic carbocycles. The number of nitriles is 1. The Bertz CT molecular complexity index is 390. The number of nitrogens with zero attached hydrogens (tertiary/aromatic N) is 1. The third kappa shape index (κ3) is 6.18. The van der Waals surface area contributed by atoms with Crippen LogP contribution in [-0.2, 0) is 6.54 Å². The second kappa shape index (κ2) is 7.56. The molecule has 2 nitrogen and oxygen atoms in total. The number of benzene rings is 1. The normalized spacial score (nSPS) is 11.2. The van der Waals surface area contributed by atoms with Gasteiger partial charge in [-0.15, -0.1) is 0 Å². The van der Waals surface area contributed by atoms with Gasteiger partial charge in [-0.2, -0.15) is 5.26 Å². The average molecular weight is 309 g/mol. The number of rotatable bonds is 7. The van der Waals surface area contributed by atoms with E-state index in [-0.39, 0.29) is 5.41 Å². The highest BCUT2D eigenvalue weighted by Gasteiger charge is 2.15. The highest BCUT2D eigenvalue weighted by atomic mass is 79.9. The Morgan fingerprint density at radius 2 is 1.89 bits per heavy atom. The van der Waals surface area contributed by atoms with Crippen molar-refractivity contribution in [3.63, 3.8) is 0 Å². The van der Waals surface area contributed by atoms with Crippen LogP contribution in [0.15, 0.2) is 28.7 Å². The number of hydrogen-bond acceptors (Lipinski definition) is 2. The molecule has 0 spiro atoms. The minimum Gasteiger partial charge on any atom is -0.313 e. The van der Waals surface area contributed by atoms with E-state index in [0.29, 0.717) is 0 Å². The molecule has 0 amide bonds. The van der Waals surface area contributed by atoms with Crippen LogP contribution in [0, 0.1) is 16.7 Å². The highest BCUT2D eigenvalue weighted by molar-refractivity contribution is 9.10. The zero-order chi connectivity index (χ0) is 13.4. The molecular weight excluding hydrogens is 288 g/mol. The maximum Gasteiger partial charge on any atom is 0.0683 e. The zero-order valence-corrected chi connectivity index (χ0v) is 12.8. The van der Waals surface area contributed by atoms with Gasteiger partial charge in [-0.25, -0.2) is 0 Å². The van der Waals surface area contributed by atoms with Crippen LogP contribution in [0.3, 0.4) is 0 Å². The quantitative estimate of drug-likeness (QED) is 0.764. The largest absolute Gasteiger partial charge is 0.313 e. The topological polar surface area (TPSA) is 35.8 Å². The summed E-state index contributed by atoms with van der Waals surface area (Å²) in [4.78, 5) is 0. The van der Waals surface area contributed by atoms with Crippen LogP contribution in [0.1, 0.15) is 38.7 Å². The molecule has 0 saturated heterocycles. The molecule has 1 rings (SSSR count). The van der Waals surface area contributed by atoms with Gasteiger partial charge >= 0.3 is 0 Å². The molecule has 1 aromatic carbocycles. The smallest absolute Gasteiger partial charge is 0.0683 e. The van der Waals surface area contributed by atoms with Crippen LogP contribution in [-0.4, -0.2) is 6.54 Å². The van der Waals surface area contributed by atoms with E-state index < -0.39 is 0 Å². The molecule has 0 aliphatic rings. The molecule has 0 bridgehead atoms. The van der Waals surface area contributed by atoms with Crippen molar-refractivity contribution in [1.29, 1.82) is 5.26 Å². The number of unbranched alkanes of at least 4 members (excludes halogenated alkanes) is 1. The SMILES string of the molecule is CC(C)(C#N)CCCCNCc1ccc(Br)cc1. The van der Waals surface area contributed by atoms with Gasteiger partial charge < -0.3 is 5.32 Å². The first-order valence-corrected chi connectivity index (χ1v) is 7.19. The van der Waals surface area contributed by atoms with E-state index in [9.17, 15) is 0 Å². The monoisotopic (exact) mass is 308 g/mol. The second-order valence-corrected chi connectivity index (χ2v) is 6.17. The van der Waals surface area contributed by atoms with E-state index in [1.807, 2.05) is 13.8 Å². The lowest BCUT2D eigenvalue weighted by molar-refractivity contribution is 0.422. The Morgan fingerprint density at radius 3 is 2.50 bits per heavy atom. The molecule has 0 atom stereocenters. The zero-order valence-electron chi connectivity index (χ0n) is 11.2. The summed E-state index contributed by atoms with van der Waals surface area (Å²) < 4.78 is 1.12. The number of halogens is 1. The Morgan fingerprint density at radius 1 is 1.22 bits per heavy atom. The summed E-state index contributed by atoms with van der Waals surface area (Å²) in [7, 11) is 0. The molecule has 0 unspecified atom stereocenters. The molecular formula is C15H21BrN2. The van der Waals surface area contributed by atoms with Crippen LogP contribution in [0.5, 0.6) is 0 Å². The predicted octanol–water partition coefficient (Wildman–Crippen LogP) is 4.26. The lowest BCUT2D eigenvalue weighted by atomic mass is 9.89. The maximum atomic E-state index is 8.90. The van der Waals surface area contributed by atoms with Gasteiger partial charge in [-0.1, -0.05) is 34.5 Å². The van der Waals surface area contributed by atoms with Gasteiger partial charge in [-0.3, -0.25) is 0 Å². The fourth-order valence-electron chi connectivity index (χ4n) is 1.71. The minimum absolute atomic E-state index is 0.175. The van der Waals surface area contributed by atoms with Crippen molar-refractivity contribution in [3.05, 3.63) is 34.3 Å². The average Bonchev–Trinajstić information content (AvgIpc) is 2.36. The van der Waals surface area contributed by atoms with Gasteiger partial charge in [0.1, 0.15) is 0 Å². The first-order chi connectivity index (χ1) is 8.53. The van der Waals surface area contributed by atoms with Gasteiger partial charge in [0.2, 0.25) is 0 Å². The minimum atomic E-state index is -0.175. The van der Waals surface area contributed by atoms with Crippen LogP contribution >= 0.6 is 15.9 Å². The Labute approximate surface area is 119 Å². The molecule has 1 aromatic rings. The molecule has 0 fully saturated rings. The molecule has 0 aliphatic heterocycles. The molecule has 0 heterocycles. The van der Waals surface area contributed by atoms with Crippen molar-refractivity contribution < 1.29 is 0 Å². The summed E-state index contributed by atoms with van der Waals surface area (Å²) in [5, 5.41) is 12.3. The fourth-order valence-corrected chi connectivity index (χ4v) is 1.97. The first kappa shape index (κ1) is 15.2.